The van der Waals surface area contributed by atoms with Gasteiger partial charge in [0.1, 0.15) is 89.4 Å². The largest absolute Gasteiger partial charge is 0.508 e. The fourth-order valence-corrected chi connectivity index (χ4v) is 5.39. The van der Waals surface area contributed by atoms with Gasteiger partial charge < -0.3 is 70.1 Å². The molecule has 2 aliphatic heterocycles. The van der Waals surface area contributed by atoms with E-state index in [9.17, 15) is 61.0 Å². The molecule has 2 aromatic carbocycles. The normalized spacial score (nSPS) is 33.6. The van der Waals surface area contributed by atoms with Crippen LogP contribution in [0.2, 0.25) is 0 Å². The summed E-state index contributed by atoms with van der Waals surface area (Å²) in [7, 11) is 0. The van der Waals surface area contributed by atoms with Crippen molar-refractivity contribution in [2.24, 2.45) is 0 Å². The summed E-state index contributed by atoms with van der Waals surface area (Å²) in [5.41, 5.74) is -2.48. The molecule has 3 aromatic rings. The van der Waals surface area contributed by atoms with E-state index in [1.165, 1.54) is 24.3 Å². The van der Waals surface area contributed by atoms with E-state index in [0.717, 1.165) is 6.07 Å². The third-order valence-electron chi connectivity index (χ3n) is 7.70. The minimum atomic E-state index is -2.02. The molecule has 0 aliphatic carbocycles. The average molecular weight is 595 g/mol. The Bertz CT molecular complexity index is 1500. The highest BCUT2D eigenvalue weighted by Gasteiger charge is 2.50. The number of ether oxygens (including phenoxy) is 2. The highest BCUT2D eigenvalue weighted by atomic mass is 16.6. The van der Waals surface area contributed by atoms with Gasteiger partial charge in [-0.3, -0.25) is 4.79 Å². The van der Waals surface area contributed by atoms with Crippen LogP contribution < -0.4 is 5.43 Å². The van der Waals surface area contributed by atoms with Gasteiger partial charge in [-0.05, 0) is 24.3 Å². The van der Waals surface area contributed by atoms with Crippen LogP contribution in [0.3, 0.4) is 0 Å². The molecule has 2 fully saturated rings. The number of hydrogen-bond donors (Lipinski definition) is 11. The first kappa shape index (κ1) is 30.1. The van der Waals surface area contributed by atoms with E-state index in [-0.39, 0.29) is 17.1 Å². The van der Waals surface area contributed by atoms with E-state index >= 15 is 0 Å². The molecule has 42 heavy (non-hydrogen) atoms. The van der Waals surface area contributed by atoms with Gasteiger partial charge in [-0.15, -0.1) is 0 Å². The van der Waals surface area contributed by atoms with Crippen molar-refractivity contribution in [1.82, 2.24) is 0 Å². The molecule has 0 unspecified atom stereocenters. The topological polar surface area (TPSA) is 271 Å². The number of aliphatic hydroxyl groups is 8. The number of rotatable bonds is 5. The molecule has 5 rings (SSSR count). The first-order valence-corrected chi connectivity index (χ1v) is 12.9. The molecular weight excluding hydrogens is 564 g/mol. The number of benzene rings is 2. The number of hydrogen-bond acceptors (Lipinski definition) is 15. The van der Waals surface area contributed by atoms with Crippen molar-refractivity contribution in [3.63, 3.8) is 0 Å². The van der Waals surface area contributed by atoms with Crippen LogP contribution >= 0.6 is 0 Å². The molecule has 0 bridgehead atoms. The highest BCUT2D eigenvalue weighted by molar-refractivity contribution is 5.92. The molecule has 0 radical (unpaired) electrons. The van der Waals surface area contributed by atoms with Crippen LogP contribution in [0.5, 0.6) is 17.2 Å². The number of fused-ring (bicyclic) bond motifs is 1. The van der Waals surface area contributed by atoms with Crippen LogP contribution in [-0.2, 0) is 9.47 Å². The fraction of sp³-hybridized carbons (Fsp3) is 0.444. The number of aromatic hydroxyl groups is 3. The minimum Gasteiger partial charge on any atom is -0.508 e. The predicted molar refractivity (Wildman–Crippen MR) is 138 cm³/mol. The quantitative estimate of drug-likeness (QED) is 0.147. The molecular formula is C27H30O15. The van der Waals surface area contributed by atoms with E-state index in [2.05, 4.69) is 0 Å². The third kappa shape index (κ3) is 4.79. The van der Waals surface area contributed by atoms with Crippen molar-refractivity contribution in [3.05, 3.63) is 51.7 Å². The zero-order valence-corrected chi connectivity index (χ0v) is 21.6. The van der Waals surface area contributed by atoms with Crippen molar-refractivity contribution in [2.75, 3.05) is 13.2 Å². The van der Waals surface area contributed by atoms with Gasteiger partial charge in [0.05, 0.1) is 24.3 Å². The Morgan fingerprint density at radius 2 is 1.14 bits per heavy atom. The highest BCUT2D eigenvalue weighted by Crippen LogP contribution is 2.51. The minimum absolute atomic E-state index is 0.0941. The summed E-state index contributed by atoms with van der Waals surface area (Å²) in [6, 6.07) is 6.37. The van der Waals surface area contributed by atoms with Gasteiger partial charge in [0, 0.05) is 11.6 Å². The SMILES string of the molecule is O=c1cc(-c2ccc(O)cc2)oc2c([C@@H]3O[C@H](CO)[C@@H](O)[C@H](O)[C@H]3O)c(O)c([C@@H]3O[C@H](CO)[C@H](O)[C@H](O)[C@H]3O)c(O)c12. The van der Waals surface area contributed by atoms with E-state index < -0.39 is 113 Å². The lowest BCUT2D eigenvalue weighted by atomic mass is 9.85. The van der Waals surface area contributed by atoms with Crippen LogP contribution in [0.1, 0.15) is 23.3 Å². The van der Waals surface area contributed by atoms with Gasteiger partial charge in [-0.2, -0.15) is 0 Å². The molecule has 15 heteroatoms. The summed E-state index contributed by atoms with van der Waals surface area (Å²) in [6.07, 6.45) is -18.2. The predicted octanol–water partition coefficient (Wildman–Crippen LogP) is -2.39. The summed E-state index contributed by atoms with van der Waals surface area (Å²) in [5.74, 6) is -2.20. The number of phenols is 3. The molecule has 1 aromatic heterocycles. The summed E-state index contributed by atoms with van der Waals surface area (Å²) in [4.78, 5) is 13.5. The molecule has 2 saturated heterocycles. The zero-order chi connectivity index (χ0) is 30.6. The molecule has 0 amide bonds. The van der Waals surface area contributed by atoms with E-state index in [1.54, 1.807) is 0 Å². The second-order valence-corrected chi connectivity index (χ2v) is 10.2. The molecule has 10 atom stereocenters. The Morgan fingerprint density at radius 3 is 1.64 bits per heavy atom. The molecule has 3 heterocycles. The van der Waals surface area contributed by atoms with Crippen molar-refractivity contribution in [2.45, 2.75) is 61.0 Å². The molecule has 0 spiro atoms. The van der Waals surface area contributed by atoms with E-state index in [4.69, 9.17) is 13.9 Å². The van der Waals surface area contributed by atoms with Crippen LogP contribution in [0.4, 0.5) is 0 Å². The first-order valence-electron chi connectivity index (χ1n) is 12.9. The molecule has 0 saturated carbocycles. The average Bonchev–Trinajstić information content (AvgIpc) is 2.97. The van der Waals surface area contributed by atoms with E-state index in [0.29, 0.717) is 0 Å². The summed E-state index contributed by atoms with van der Waals surface area (Å²) in [5, 5.41) is 114. The van der Waals surface area contributed by atoms with Gasteiger partial charge in [0.25, 0.3) is 0 Å². The maximum Gasteiger partial charge on any atom is 0.197 e. The van der Waals surface area contributed by atoms with Crippen LogP contribution in [-0.4, -0.2) is 118 Å². The maximum atomic E-state index is 13.5. The third-order valence-corrected chi connectivity index (χ3v) is 7.70. The van der Waals surface area contributed by atoms with Gasteiger partial charge in [0.15, 0.2) is 11.0 Å². The van der Waals surface area contributed by atoms with Crippen molar-refractivity contribution >= 4 is 11.0 Å². The van der Waals surface area contributed by atoms with Gasteiger partial charge >= 0.3 is 0 Å². The van der Waals surface area contributed by atoms with Gasteiger partial charge in [0.2, 0.25) is 0 Å². The molecule has 11 N–H and O–H groups in total. The second kappa shape index (κ2) is 11.4. The number of phenolic OH excluding ortho intramolecular Hbond substituents is 3. The Kier molecular flexibility index (Phi) is 8.16. The summed E-state index contributed by atoms with van der Waals surface area (Å²) >= 11 is 0. The van der Waals surface area contributed by atoms with Crippen LogP contribution in [0.15, 0.2) is 39.5 Å². The lowest BCUT2D eigenvalue weighted by molar-refractivity contribution is -0.234. The van der Waals surface area contributed by atoms with Gasteiger partial charge in [-0.25, -0.2) is 0 Å². The maximum absolute atomic E-state index is 13.5. The molecule has 2 aliphatic rings. The second-order valence-electron chi connectivity index (χ2n) is 10.2. The Hall–Kier alpha value is -3.35. The van der Waals surface area contributed by atoms with Crippen molar-refractivity contribution in [3.8, 4) is 28.6 Å². The lowest BCUT2D eigenvalue weighted by Crippen LogP contribution is -2.55. The Balaban J connectivity index is 1.82. The van der Waals surface area contributed by atoms with Crippen LogP contribution in [0.25, 0.3) is 22.3 Å². The van der Waals surface area contributed by atoms with Crippen molar-refractivity contribution < 1.29 is 70.1 Å². The summed E-state index contributed by atoms with van der Waals surface area (Å²) in [6.45, 7) is -1.70. The first-order chi connectivity index (χ1) is 19.9. The smallest absolute Gasteiger partial charge is 0.197 e. The van der Waals surface area contributed by atoms with Crippen LogP contribution in [0, 0.1) is 0 Å². The molecule has 228 valence electrons. The van der Waals surface area contributed by atoms with E-state index in [1.807, 2.05) is 0 Å². The van der Waals surface area contributed by atoms with Gasteiger partial charge in [-0.1, -0.05) is 0 Å². The lowest BCUT2D eigenvalue weighted by Gasteiger charge is -2.42. The fourth-order valence-electron chi connectivity index (χ4n) is 5.39. The Labute approximate surface area is 235 Å². The summed E-state index contributed by atoms with van der Waals surface area (Å²) < 4.78 is 17.0. The van der Waals surface area contributed by atoms with Crippen molar-refractivity contribution in [1.29, 1.82) is 0 Å². The zero-order valence-electron chi connectivity index (χ0n) is 21.6. The standard InChI is InChI=1S/C27H30O15/c28-6-12-17(32)21(36)23(38)26(41-12)15-19(34)14-10(31)5-11(8-1-3-9(30)4-2-8)40-25(14)16(20(15)35)27-24(39)22(37)18(33)13(7-29)42-27/h1-5,12-13,17-18,21-24,26-30,32-39H,6-7H2/t12-,13-,17+,18-,21+,22+,23-,24-,26+,27+/m1/s1. The monoisotopic (exact) mass is 594 g/mol. The Morgan fingerprint density at radius 1 is 0.643 bits per heavy atom. The molecule has 15 nitrogen and oxygen atoms in total. The number of aliphatic hydroxyl groups excluding tert-OH is 8.